The Kier molecular flexibility index (Phi) is 5.41. The van der Waals surface area contributed by atoms with Crippen LogP contribution in [0.5, 0.6) is 0 Å². The molecule has 1 aliphatic heterocycles. The van der Waals surface area contributed by atoms with Crippen LogP contribution in [0.1, 0.15) is 42.4 Å². The van der Waals surface area contributed by atoms with Gasteiger partial charge in [-0.1, -0.05) is 29.3 Å². The van der Waals surface area contributed by atoms with E-state index in [1.165, 1.54) is 36.0 Å². The van der Waals surface area contributed by atoms with Crippen molar-refractivity contribution < 1.29 is 4.74 Å². The second-order valence-corrected chi connectivity index (χ2v) is 5.91. The van der Waals surface area contributed by atoms with E-state index < -0.39 is 0 Å². The molecule has 0 bridgehead atoms. The van der Waals surface area contributed by atoms with Gasteiger partial charge in [0.15, 0.2) is 0 Å². The van der Waals surface area contributed by atoms with E-state index in [4.69, 9.17) is 4.74 Å². The lowest BCUT2D eigenvalue weighted by atomic mass is 9.95. The lowest BCUT2D eigenvalue weighted by Crippen LogP contribution is -2.34. The topological polar surface area (TPSA) is 21.3 Å². The van der Waals surface area contributed by atoms with Crippen molar-refractivity contribution in [3.05, 3.63) is 34.9 Å². The molecule has 0 spiro atoms. The van der Waals surface area contributed by atoms with Crippen LogP contribution in [0.2, 0.25) is 0 Å². The fourth-order valence-corrected chi connectivity index (χ4v) is 3.09. The molecule has 2 nitrogen and oxygen atoms in total. The van der Waals surface area contributed by atoms with Crippen molar-refractivity contribution in [2.45, 2.75) is 58.1 Å². The first-order valence-electron chi connectivity index (χ1n) is 7.53. The van der Waals surface area contributed by atoms with E-state index in [1.54, 1.807) is 0 Å². The molecule has 1 saturated heterocycles. The molecule has 106 valence electrons. The molecule has 2 atom stereocenters. The van der Waals surface area contributed by atoms with Crippen LogP contribution >= 0.6 is 0 Å². The van der Waals surface area contributed by atoms with Crippen LogP contribution in [0.4, 0.5) is 0 Å². The van der Waals surface area contributed by atoms with Gasteiger partial charge in [0.2, 0.25) is 0 Å². The van der Waals surface area contributed by atoms with E-state index in [0.717, 1.165) is 19.4 Å². The van der Waals surface area contributed by atoms with E-state index in [9.17, 15) is 0 Å². The molecule has 2 rings (SSSR count). The molecular formula is C17H27NO. The van der Waals surface area contributed by atoms with Gasteiger partial charge >= 0.3 is 0 Å². The van der Waals surface area contributed by atoms with Crippen LogP contribution in [-0.2, 0) is 11.2 Å². The Labute approximate surface area is 117 Å². The van der Waals surface area contributed by atoms with Gasteiger partial charge in [0.05, 0.1) is 6.10 Å². The van der Waals surface area contributed by atoms with Crippen LogP contribution in [0, 0.1) is 13.8 Å². The Morgan fingerprint density at radius 1 is 1.21 bits per heavy atom. The number of ether oxygens (including phenoxy) is 1. The van der Waals surface area contributed by atoms with Gasteiger partial charge in [-0.15, -0.1) is 0 Å². The molecule has 1 fully saturated rings. The Morgan fingerprint density at radius 2 is 1.95 bits per heavy atom. The van der Waals surface area contributed by atoms with Gasteiger partial charge in [-0.2, -0.15) is 0 Å². The third-order valence-corrected chi connectivity index (χ3v) is 3.99. The lowest BCUT2D eigenvalue weighted by Gasteiger charge is -2.27. The molecule has 0 saturated carbocycles. The van der Waals surface area contributed by atoms with Gasteiger partial charge in [-0.05, 0) is 58.6 Å². The summed E-state index contributed by atoms with van der Waals surface area (Å²) in [6, 6.07) is 7.37. The summed E-state index contributed by atoms with van der Waals surface area (Å²) in [6.07, 6.45) is 6.47. The molecule has 0 radical (unpaired) electrons. The molecule has 0 aliphatic carbocycles. The predicted octanol–water partition coefficient (Wildman–Crippen LogP) is 3.39. The molecule has 1 N–H and O–H groups in total. The van der Waals surface area contributed by atoms with Gasteiger partial charge in [0.25, 0.3) is 0 Å². The first-order chi connectivity index (χ1) is 9.17. The molecular weight excluding hydrogens is 234 g/mol. The maximum absolute atomic E-state index is 5.86. The summed E-state index contributed by atoms with van der Waals surface area (Å²) in [6.45, 7) is 5.30. The average molecular weight is 261 g/mol. The quantitative estimate of drug-likeness (QED) is 0.877. The third-order valence-electron chi connectivity index (χ3n) is 3.99. The van der Waals surface area contributed by atoms with Crippen molar-refractivity contribution in [2.24, 2.45) is 0 Å². The molecule has 0 aromatic heterocycles. The highest BCUT2D eigenvalue weighted by atomic mass is 16.5. The monoisotopic (exact) mass is 261 g/mol. The number of nitrogens with one attached hydrogen (secondary N) is 1. The highest BCUT2D eigenvalue weighted by Crippen LogP contribution is 2.19. The SMILES string of the molecule is CNC(Cc1cc(C)cc(C)c1)CC1CCCCO1. The summed E-state index contributed by atoms with van der Waals surface area (Å²) in [5.41, 5.74) is 4.16. The van der Waals surface area contributed by atoms with E-state index >= 15 is 0 Å². The highest BCUT2D eigenvalue weighted by Gasteiger charge is 2.18. The summed E-state index contributed by atoms with van der Waals surface area (Å²) < 4.78 is 5.86. The Morgan fingerprint density at radius 3 is 2.53 bits per heavy atom. The Bertz CT molecular complexity index is 376. The normalized spacial score (nSPS) is 21.3. The van der Waals surface area contributed by atoms with Gasteiger partial charge < -0.3 is 10.1 Å². The van der Waals surface area contributed by atoms with Crippen molar-refractivity contribution in [3.63, 3.8) is 0 Å². The fraction of sp³-hybridized carbons (Fsp3) is 0.647. The summed E-state index contributed by atoms with van der Waals surface area (Å²) in [5, 5.41) is 3.46. The number of likely N-dealkylation sites (N-methyl/N-ethyl adjacent to an activating group) is 1. The number of benzene rings is 1. The van der Waals surface area contributed by atoms with Crippen LogP contribution < -0.4 is 5.32 Å². The minimum atomic E-state index is 0.456. The van der Waals surface area contributed by atoms with Crippen LogP contribution in [0.25, 0.3) is 0 Å². The highest BCUT2D eigenvalue weighted by molar-refractivity contribution is 5.29. The maximum atomic E-state index is 5.86. The van der Waals surface area contributed by atoms with E-state index in [2.05, 4.69) is 44.4 Å². The summed E-state index contributed by atoms with van der Waals surface area (Å²) in [5.74, 6) is 0. The van der Waals surface area contributed by atoms with Crippen LogP contribution in [0.3, 0.4) is 0 Å². The van der Waals surface area contributed by atoms with Gasteiger partial charge in [-0.3, -0.25) is 0 Å². The van der Waals surface area contributed by atoms with Gasteiger partial charge in [-0.25, -0.2) is 0 Å². The number of aryl methyl sites for hydroxylation is 2. The Balaban J connectivity index is 1.93. The molecule has 19 heavy (non-hydrogen) atoms. The first-order valence-corrected chi connectivity index (χ1v) is 7.53. The first kappa shape index (κ1) is 14.5. The van der Waals surface area contributed by atoms with Gasteiger partial charge in [0.1, 0.15) is 0 Å². The summed E-state index contributed by atoms with van der Waals surface area (Å²) >= 11 is 0. The zero-order valence-corrected chi connectivity index (χ0v) is 12.5. The second kappa shape index (κ2) is 7.06. The smallest absolute Gasteiger partial charge is 0.0590 e. The van der Waals surface area contributed by atoms with Crippen molar-refractivity contribution in [3.8, 4) is 0 Å². The van der Waals surface area contributed by atoms with Crippen LogP contribution in [0.15, 0.2) is 18.2 Å². The number of hydrogen-bond donors (Lipinski definition) is 1. The van der Waals surface area contributed by atoms with Gasteiger partial charge in [0, 0.05) is 12.6 Å². The number of rotatable bonds is 5. The second-order valence-electron chi connectivity index (χ2n) is 5.91. The van der Waals surface area contributed by atoms with E-state index in [-0.39, 0.29) is 0 Å². The lowest BCUT2D eigenvalue weighted by molar-refractivity contribution is 0.00569. The third kappa shape index (κ3) is 4.63. The maximum Gasteiger partial charge on any atom is 0.0590 e. The molecule has 1 aromatic carbocycles. The molecule has 2 heteroatoms. The average Bonchev–Trinajstić information content (AvgIpc) is 2.38. The van der Waals surface area contributed by atoms with E-state index in [1.807, 2.05) is 0 Å². The minimum Gasteiger partial charge on any atom is -0.378 e. The summed E-state index contributed by atoms with van der Waals surface area (Å²) in [7, 11) is 2.07. The van der Waals surface area contributed by atoms with Crippen molar-refractivity contribution >= 4 is 0 Å². The van der Waals surface area contributed by atoms with Crippen molar-refractivity contribution in [2.75, 3.05) is 13.7 Å². The standard InChI is InChI=1S/C17H27NO/c1-13-8-14(2)10-15(9-13)11-16(18-3)12-17-6-4-5-7-19-17/h8-10,16-18H,4-7,11-12H2,1-3H3. The predicted molar refractivity (Wildman–Crippen MR) is 80.7 cm³/mol. The fourth-order valence-electron chi connectivity index (χ4n) is 3.09. The number of hydrogen-bond acceptors (Lipinski definition) is 2. The molecule has 1 aromatic rings. The molecule has 2 unspecified atom stereocenters. The summed E-state index contributed by atoms with van der Waals surface area (Å²) in [4.78, 5) is 0. The molecule has 1 heterocycles. The molecule has 0 amide bonds. The Hall–Kier alpha value is -0.860. The van der Waals surface area contributed by atoms with Crippen molar-refractivity contribution in [1.29, 1.82) is 0 Å². The minimum absolute atomic E-state index is 0.456. The zero-order chi connectivity index (χ0) is 13.7. The molecule has 1 aliphatic rings. The van der Waals surface area contributed by atoms with E-state index in [0.29, 0.717) is 12.1 Å². The zero-order valence-electron chi connectivity index (χ0n) is 12.5. The largest absolute Gasteiger partial charge is 0.378 e. The van der Waals surface area contributed by atoms with Crippen molar-refractivity contribution in [1.82, 2.24) is 5.32 Å². The van der Waals surface area contributed by atoms with Crippen LogP contribution in [-0.4, -0.2) is 25.8 Å².